The lowest BCUT2D eigenvalue weighted by atomic mass is 10.2. The van der Waals surface area contributed by atoms with Gasteiger partial charge < -0.3 is 9.47 Å². The fourth-order valence-electron chi connectivity index (χ4n) is 1.23. The SMILES string of the molecule is [CH2]C1COC(c2ccccc2)O1. The Hall–Kier alpha value is -0.860. The van der Waals surface area contributed by atoms with E-state index in [0.717, 1.165) is 5.56 Å². The maximum absolute atomic E-state index is 5.41. The van der Waals surface area contributed by atoms with Crippen LogP contribution in [0.25, 0.3) is 0 Å². The van der Waals surface area contributed by atoms with Crippen molar-refractivity contribution in [1.82, 2.24) is 0 Å². The first kappa shape index (κ1) is 7.77. The van der Waals surface area contributed by atoms with Gasteiger partial charge in [-0.25, -0.2) is 0 Å². The predicted octanol–water partition coefficient (Wildman–Crippen LogP) is 1.93. The summed E-state index contributed by atoms with van der Waals surface area (Å²) in [5.74, 6) is 0. The minimum absolute atomic E-state index is 0.0322. The van der Waals surface area contributed by atoms with Gasteiger partial charge in [0.25, 0.3) is 0 Å². The summed E-state index contributed by atoms with van der Waals surface area (Å²) >= 11 is 0. The van der Waals surface area contributed by atoms with Crippen LogP contribution in [0.3, 0.4) is 0 Å². The third-order valence-corrected chi connectivity index (χ3v) is 1.82. The Bertz CT molecular complexity index is 245. The van der Waals surface area contributed by atoms with Crippen molar-refractivity contribution in [2.45, 2.75) is 12.4 Å². The van der Waals surface area contributed by atoms with Crippen LogP contribution in [0.2, 0.25) is 0 Å². The van der Waals surface area contributed by atoms with E-state index in [1.807, 2.05) is 30.3 Å². The molecule has 2 atom stereocenters. The summed E-state index contributed by atoms with van der Waals surface area (Å²) in [6.45, 7) is 4.35. The Morgan fingerprint density at radius 2 is 2.00 bits per heavy atom. The van der Waals surface area contributed by atoms with Gasteiger partial charge in [0, 0.05) is 5.56 Å². The third-order valence-electron chi connectivity index (χ3n) is 1.82. The summed E-state index contributed by atoms with van der Waals surface area (Å²) in [6.07, 6.45) is -0.246. The zero-order valence-corrected chi connectivity index (χ0v) is 6.77. The Kier molecular flexibility index (Phi) is 2.11. The van der Waals surface area contributed by atoms with Gasteiger partial charge in [-0.15, -0.1) is 0 Å². The summed E-state index contributed by atoms with van der Waals surface area (Å²) in [5.41, 5.74) is 1.06. The van der Waals surface area contributed by atoms with E-state index in [4.69, 9.17) is 9.47 Å². The first-order chi connectivity index (χ1) is 5.86. The summed E-state index contributed by atoms with van der Waals surface area (Å²) in [5, 5.41) is 0. The molecule has 2 rings (SSSR count). The lowest BCUT2D eigenvalue weighted by molar-refractivity contribution is -0.0537. The van der Waals surface area contributed by atoms with E-state index in [1.54, 1.807) is 0 Å². The van der Waals surface area contributed by atoms with Crippen molar-refractivity contribution in [3.63, 3.8) is 0 Å². The molecule has 1 radical (unpaired) electrons. The van der Waals surface area contributed by atoms with Crippen LogP contribution >= 0.6 is 0 Å². The van der Waals surface area contributed by atoms with Crippen LogP contribution < -0.4 is 0 Å². The van der Waals surface area contributed by atoms with Crippen LogP contribution in [0, 0.1) is 6.92 Å². The molecule has 0 bridgehead atoms. The molecule has 2 unspecified atom stereocenters. The fourth-order valence-corrected chi connectivity index (χ4v) is 1.23. The average Bonchev–Trinajstić information content (AvgIpc) is 2.54. The van der Waals surface area contributed by atoms with Crippen molar-refractivity contribution < 1.29 is 9.47 Å². The van der Waals surface area contributed by atoms with Crippen molar-refractivity contribution in [2.75, 3.05) is 6.61 Å². The molecular formula is C10H11O2. The van der Waals surface area contributed by atoms with E-state index in [0.29, 0.717) is 6.61 Å². The van der Waals surface area contributed by atoms with Gasteiger partial charge in [-0.1, -0.05) is 30.3 Å². The molecular weight excluding hydrogens is 152 g/mol. The Balaban J connectivity index is 2.11. The van der Waals surface area contributed by atoms with E-state index in [9.17, 15) is 0 Å². The molecule has 0 aliphatic carbocycles. The van der Waals surface area contributed by atoms with Crippen LogP contribution in [0.5, 0.6) is 0 Å². The van der Waals surface area contributed by atoms with E-state index >= 15 is 0 Å². The molecule has 2 nitrogen and oxygen atoms in total. The lowest BCUT2D eigenvalue weighted by Gasteiger charge is -2.08. The summed E-state index contributed by atoms with van der Waals surface area (Å²) < 4.78 is 10.8. The van der Waals surface area contributed by atoms with Crippen LogP contribution in [-0.2, 0) is 9.47 Å². The van der Waals surface area contributed by atoms with Crippen molar-refractivity contribution in [2.24, 2.45) is 0 Å². The van der Waals surface area contributed by atoms with Crippen molar-refractivity contribution in [3.05, 3.63) is 42.8 Å². The maximum Gasteiger partial charge on any atom is 0.184 e. The number of benzene rings is 1. The Morgan fingerprint density at radius 3 is 2.58 bits per heavy atom. The quantitative estimate of drug-likeness (QED) is 0.629. The normalized spacial score (nSPS) is 29.1. The second kappa shape index (κ2) is 3.25. The highest BCUT2D eigenvalue weighted by atomic mass is 16.7. The molecule has 1 aliphatic heterocycles. The predicted molar refractivity (Wildman–Crippen MR) is 45.4 cm³/mol. The molecule has 2 heteroatoms. The molecule has 0 N–H and O–H groups in total. The maximum atomic E-state index is 5.41. The van der Waals surface area contributed by atoms with Crippen molar-refractivity contribution >= 4 is 0 Å². The minimum Gasteiger partial charge on any atom is -0.346 e. The minimum atomic E-state index is -0.214. The van der Waals surface area contributed by atoms with Crippen molar-refractivity contribution in [3.8, 4) is 0 Å². The van der Waals surface area contributed by atoms with Crippen LogP contribution in [-0.4, -0.2) is 12.7 Å². The van der Waals surface area contributed by atoms with Crippen LogP contribution in [0.4, 0.5) is 0 Å². The highest BCUT2D eigenvalue weighted by Gasteiger charge is 2.23. The molecule has 1 aromatic rings. The second-order valence-corrected chi connectivity index (χ2v) is 2.83. The fraction of sp³-hybridized carbons (Fsp3) is 0.300. The van der Waals surface area contributed by atoms with Gasteiger partial charge in [0.05, 0.1) is 12.7 Å². The zero-order chi connectivity index (χ0) is 8.39. The van der Waals surface area contributed by atoms with E-state index in [2.05, 4.69) is 6.92 Å². The number of hydrogen-bond acceptors (Lipinski definition) is 2. The van der Waals surface area contributed by atoms with Gasteiger partial charge in [0.2, 0.25) is 0 Å². The molecule has 0 amide bonds. The molecule has 0 aromatic heterocycles. The highest BCUT2D eigenvalue weighted by Crippen LogP contribution is 2.25. The zero-order valence-electron chi connectivity index (χ0n) is 6.77. The molecule has 1 heterocycles. The summed E-state index contributed by atoms with van der Waals surface area (Å²) in [6, 6.07) is 9.89. The van der Waals surface area contributed by atoms with Gasteiger partial charge in [-0.05, 0) is 6.92 Å². The van der Waals surface area contributed by atoms with Gasteiger partial charge in [0.15, 0.2) is 6.29 Å². The number of ether oxygens (including phenoxy) is 2. The largest absolute Gasteiger partial charge is 0.346 e. The molecule has 0 saturated carbocycles. The molecule has 12 heavy (non-hydrogen) atoms. The molecule has 1 saturated heterocycles. The van der Waals surface area contributed by atoms with E-state index < -0.39 is 0 Å². The van der Waals surface area contributed by atoms with Crippen LogP contribution in [0.15, 0.2) is 30.3 Å². The lowest BCUT2D eigenvalue weighted by Crippen LogP contribution is -2.02. The van der Waals surface area contributed by atoms with Crippen molar-refractivity contribution in [1.29, 1.82) is 0 Å². The number of hydrogen-bond donors (Lipinski definition) is 0. The Labute approximate surface area is 72.1 Å². The summed E-state index contributed by atoms with van der Waals surface area (Å²) in [7, 11) is 0. The average molecular weight is 163 g/mol. The van der Waals surface area contributed by atoms with Gasteiger partial charge in [-0.2, -0.15) is 0 Å². The topological polar surface area (TPSA) is 18.5 Å². The van der Waals surface area contributed by atoms with Gasteiger partial charge in [0.1, 0.15) is 0 Å². The van der Waals surface area contributed by atoms with Gasteiger partial charge in [-0.3, -0.25) is 0 Å². The standard InChI is InChI=1S/C10H11O2/c1-8-7-11-10(12-8)9-5-3-2-4-6-9/h2-6,8,10H,1,7H2. The number of rotatable bonds is 1. The van der Waals surface area contributed by atoms with E-state index in [1.165, 1.54) is 0 Å². The third kappa shape index (κ3) is 1.49. The smallest absolute Gasteiger partial charge is 0.184 e. The monoisotopic (exact) mass is 163 g/mol. The second-order valence-electron chi connectivity index (χ2n) is 2.83. The summed E-state index contributed by atoms with van der Waals surface area (Å²) in [4.78, 5) is 0. The Morgan fingerprint density at radius 1 is 1.25 bits per heavy atom. The van der Waals surface area contributed by atoms with Crippen LogP contribution in [0.1, 0.15) is 11.9 Å². The van der Waals surface area contributed by atoms with E-state index in [-0.39, 0.29) is 12.4 Å². The first-order valence-corrected chi connectivity index (χ1v) is 4.01. The molecule has 1 fully saturated rings. The molecule has 63 valence electrons. The van der Waals surface area contributed by atoms with Gasteiger partial charge >= 0.3 is 0 Å². The first-order valence-electron chi connectivity index (χ1n) is 4.01. The highest BCUT2D eigenvalue weighted by molar-refractivity contribution is 5.16. The molecule has 1 aromatic carbocycles. The molecule has 1 aliphatic rings. The molecule has 0 spiro atoms.